The maximum absolute atomic E-state index is 12.5. The van der Waals surface area contributed by atoms with Crippen molar-refractivity contribution in [3.05, 3.63) is 17.5 Å². The Bertz CT molecular complexity index is 717. The van der Waals surface area contributed by atoms with E-state index in [0.29, 0.717) is 11.5 Å². The number of aryl methyl sites for hydroxylation is 1. The molecule has 148 valence electrons. The molecule has 0 bridgehead atoms. The van der Waals surface area contributed by atoms with E-state index in [1.165, 1.54) is 17.2 Å². The summed E-state index contributed by atoms with van der Waals surface area (Å²) >= 11 is 0. The average molecular weight is 393 g/mol. The van der Waals surface area contributed by atoms with Crippen molar-refractivity contribution >= 4 is 9.84 Å². The van der Waals surface area contributed by atoms with Gasteiger partial charge >= 0.3 is 6.18 Å². The predicted molar refractivity (Wildman–Crippen MR) is 92.6 cm³/mol. The molecule has 3 aliphatic rings. The van der Waals surface area contributed by atoms with E-state index in [2.05, 4.69) is 10.4 Å². The Morgan fingerprint density at radius 3 is 2.35 bits per heavy atom. The molecule has 0 radical (unpaired) electrons. The quantitative estimate of drug-likeness (QED) is 0.797. The predicted octanol–water partition coefficient (Wildman–Crippen LogP) is 2.88. The summed E-state index contributed by atoms with van der Waals surface area (Å²) in [6, 6.07) is 1.20. The summed E-state index contributed by atoms with van der Waals surface area (Å²) in [4.78, 5) is 0. The minimum Gasteiger partial charge on any atom is -0.316 e. The smallest absolute Gasteiger partial charge is 0.316 e. The van der Waals surface area contributed by atoms with Crippen LogP contribution in [0, 0.1) is 5.41 Å². The molecule has 9 heteroatoms. The first-order chi connectivity index (χ1) is 12.1. The van der Waals surface area contributed by atoms with Gasteiger partial charge in [0.15, 0.2) is 15.5 Å². The Labute approximate surface area is 152 Å². The van der Waals surface area contributed by atoms with E-state index in [4.69, 9.17) is 0 Å². The highest BCUT2D eigenvalue weighted by Gasteiger charge is 2.49. The van der Waals surface area contributed by atoms with E-state index in [0.717, 1.165) is 50.9 Å². The molecule has 1 spiro atoms. The van der Waals surface area contributed by atoms with Crippen molar-refractivity contribution in [2.45, 2.75) is 50.6 Å². The summed E-state index contributed by atoms with van der Waals surface area (Å²) in [5.41, 5.74) is 0.112. The summed E-state index contributed by atoms with van der Waals surface area (Å²) in [5, 5.41) is 6.74. The first kappa shape index (κ1) is 19.7. The number of sulfone groups is 1. The number of alkyl halides is 3. The Balaban J connectivity index is 0.000000167. The topological polar surface area (TPSA) is 64.0 Å². The average Bonchev–Trinajstić information content (AvgIpc) is 3.14. The highest BCUT2D eigenvalue weighted by Crippen LogP contribution is 2.38. The van der Waals surface area contributed by atoms with Crippen LogP contribution in [0.1, 0.15) is 55.8 Å². The largest absolute Gasteiger partial charge is 0.435 e. The van der Waals surface area contributed by atoms with Crippen molar-refractivity contribution in [2.75, 3.05) is 24.6 Å². The summed E-state index contributed by atoms with van der Waals surface area (Å²) in [7, 11) is -1.02. The highest BCUT2D eigenvalue weighted by molar-refractivity contribution is 7.92. The van der Waals surface area contributed by atoms with Gasteiger partial charge in [0.2, 0.25) is 0 Å². The second-order valence-electron chi connectivity index (χ2n) is 7.87. The number of rotatable bonds is 1. The fourth-order valence-electron chi connectivity index (χ4n) is 4.33. The second kappa shape index (κ2) is 7.14. The minimum atomic E-state index is -4.33. The van der Waals surface area contributed by atoms with Gasteiger partial charge in [-0.1, -0.05) is 19.3 Å². The number of aromatic nitrogens is 2. The van der Waals surface area contributed by atoms with Crippen molar-refractivity contribution in [3.8, 4) is 0 Å². The molecule has 1 aromatic heterocycles. The zero-order valence-electron chi connectivity index (χ0n) is 15.0. The second-order valence-corrected chi connectivity index (χ2v) is 9.93. The van der Waals surface area contributed by atoms with E-state index in [-0.39, 0.29) is 11.3 Å². The fraction of sp³-hybridized carbons (Fsp3) is 0.824. The van der Waals surface area contributed by atoms with Crippen molar-refractivity contribution in [2.24, 2.45) is 12.5 Å². The summed E-state index contributed by atoms with van der Waals surface area (Å²) in [6.07, 6.45) is 2.10. The molecular weight excluding hydrogens is 367 g/mol. The van der Waals surface area contributed by atoms with Crippen molar-refractivity contribution < 1.29 is 21.6 Å². The molecule has 2 aliphatic heterocycles. The molecule has 1 aromatic rings. The molecule has 26 heavy (non-hydrogen) atoms. The summed E-state index contributed by atoms with van der Waals surface area (Å²) in [6.45, 7) is 1.90. The zero-order valence-corrected chi connectivity index (χ0v) is 15.8. The van der Waals surface area contributed by atoms with Gasteiger partial charge in [-0.15, -0.1) is 0 Å². The Kier molecular flexibility index (Phi) is 5.40. The molecule has 1 N–H and O–H groups in total. The van der Waals surface area contributed by atoms with Crippen LogP contribution in [0.2, 0.25) is 0 Å². The van der Waals surface area contributed by atoms with E-state index < -0.39 is 21.7 Å². The maximum Gasteiger partial charge on any atom is 0.435 e. The lowest BCUT2D eigenvalue weighted by Gasteiger charge is -2.36. The Morgan fingerprint density at radius 1 is 1.23 bits per heavy atom. The van der Waals surface area contributed by atoms with Crippen molar-refractivity contribution in [1.29, 1.82) is 0 Å². The first-order valence-electron chi connectivity index (χ1n) is 9.13. The van der Waals surface area contributed by atoms with Crippen molar-refractivity contribution in [3.63, 3.8) is 0 Å². The molecule has 0 aromatic carbocycles. The molecule has 1 saturated carbocycles. The van der Waals surface area contributed by atoms with Crippen LogP contribution in [0.3, 0.4) is 0 Å². The molecular formula is C17H26F3N3O2S. The lowest BCUT2D eigenvalue weighted by molar-refractivity contribution is -0.141. The lowest BCUT2D eigenvalue weighted by Crippen LogP contribution is -2.49. The standard InChI is InChI=1S/C11H15F3N2.C6H11NO2S/c1-16-9(8-5-3-2-4-6-8)7-10(15-16)11(12,13)14;8-10(9)4-6(5-10)1-2-7-3-6/h7-8H,2-6H2,1H3;7H,1-5H2. The minimum absolute atomic E-state index is 0.152. The van der Waals surface area contributed by atoms with Crippen LogP contribution < -0.4 is 5.32 Å². The van der Waals surface area contributed by atoms with Gasteiger partial charge in [-0.2, -0.15) is 18.3 Å². The van der Waals surface area contributed by atoms with Crippen LogP contribution in [-0.2, 0) is 23.1 Å². The maximum atomic E-state index is 12.5. The van der Waals surface area contributed by atoms with Crippen LogP contribution >= 0.6 is 0 Å². The molecule has 1 aliphatic carbocycles. The number of hydrogen-bond acceptors (Lipinski definition) is 4. The molecule has 0 unspecified atom stereocenters. The van der Waals surface area contributed by atoms with Crippen LogP contribution in [0.5, 0.6) is 0 Å². The van der Waals surface area contributed by atoms with Gasteiger partial charge < -0.3 is 5.32 Å². The SMILES string of the molecule is Cn1nc(C(F)(F)F)cc1C1CCCCC1.O=S1(=O)CC2(CCNC2)C1. The lowest BCUT2D eigenvalue weighted by atomic mass is 9.87. The molecule has 2 saturated heterocycles. The van der Waals surface area contributed by atoms with Crippen LogP contribution in [0.25, 0.3) is 0 Å². The third-order valence-corrected chi connectivity index (χ3v) is 7.72. The first-order valence-corrected chi connectivity index (χ1v) is 10.9. The zero-order chi connectivity index (χ0) is 19.0. The van der Waals surface area contributed by atoms with Crippen LogP contribution in [0.4, 0.5) is 13.2 Å². The van der Waals surface area contributed by atoms with Gasteiger partial charge in [0.05, 0.1) is 11.5 Å². The van der Waals surface area contributed by atoms with Gasteiger partial charge in [0.1, 0.15) is 0 Å². The van der Waals surface area contributed by atoms with E-state index in [1.54, 1.807) is 7.05 Å². The molecule has 5 nitrogen and oxygen atoms in total. The van der Waals surface area contributed by atoms with E-state index in [9.17, 15) is 21.6 Å². The highest BCUT2D eigenvalue weighted by atomic mass is 32.2. The third kappa shape index (κ3) is 4.42. The van der Waals surface area contributed by atoms with Gasteiger partial charge in [-0.05, 0) is 31.9 Å². The van der Waals surface area contributed by atoms with Crippen LogP contribution in [-0.4, -0.2) is 42.8 Å². The normalized spacial score (nSPS) is 24.8. The number of nitrogens with zero attached hydrogens (tertiary/aromatic N) is 2. The summed E-state index contributed by atoms with van der Waals surface area (Å²) < 4.78 is 60.4. The van der Waals surface area contributed by atoms with Gasteiger partial charge in [-0.25, -0.2) is 8.42 Å². The fourth-order valence-corrected chi connectivity index (χ4v) is 6.61. The van der Waals surface area contributed by atoms with Crippen molar-refractivity contribution in [1.82, 2.24) is 15.1 Å². The van der Waals surface area contributed by atoms with Gasteiger partial charge in [-0.3, -0.25) is 4.68 Å². The monoisotopic (exact) mass is 393 g/mol. The molecule has 3 fully saturated rings. The third-order valence-electron chi connectivity index (χ3n) is 5.61. The van der Waals surface area contributed by atoms with Gasteiger partial charge in [0, 0.05) is 30.6 Å². The molecule has 4 rings (SSSR count). The molecule has 0 atom stereocenters. The molecule has 0 amide bonds. The van der Waals surface area contributed by atoms with Gasteiger partial charge in [0.25, 0.3) is 0 Å². The number of nitrogens with one attached hydrogen (secondary N) is 1. The van der Waals surface area contributed by atoms with Crippen LogP contribution in [0.15, 0.2) is 6.07 Å². The van der Waals surface area contributed by atoms with E-state index in [1.807, 2.05) is 0 Å². The Morgan fingerprint density at radius 2 is 1.88 bits per heavy atom. The Hall–Kier alpha value is -1.09. The molecule has 3 heterocycles. The summed E-state index contributed by atoms with van der Waals surface area (Å²) in [5.74, 6) is 1.10. The number of halogens is 3. The number of hydrogen-bond donors (Lipinski definition) is 1. The van der Waals surface area contributed by atoms with E-state index >= 15 is 0 Å².